The van der Waals surface area contributed by atoms with E-state index in [9.17, 15) is 0 Å². The van der Waals surface area contributed by atoms with Gasteiger partial charge in [0.2, 0.25) is 0 Å². The predicted molar refractivity (Wildman–Crippen MR) is 40.5 cm³/mol. The minimum Gasteiger partial charge on any atom is -0.314 e. The molecule has 1 nitrogen and oxygen atoms in total. The van der Waals surface area contributed by atoms with Crippen molar-refractivity contribution in [2.75, 3.05) is 6.54 Å². The third-order valence-corrected chi connectivity index (χ3v) is 2.06. The van der Waals surface area contributed by atoms with Gasteiger partial charge in [0.05, 0.1) is 0 Å². The lowest BCUT2D eigenvalue weighted by Crippen LogP contribution is -2.28. The van der Waals surface area contributed by atoms with Crippen molar-refractivity contribution in [1.82, 2.24) is 5.32 Å². The molecule has 0 aromatic carbocycles. The fraction of sp³-hybridized carbons (Fsp3) is 1.00. The zero-order chi connectivity index (χ0) is 6.53. The Hall–Kier alpha value is -0.0400. The Morgan fingerprint density at radius 2 is 1.89 bits per heavy atom. The molecule has 1 unspecified atom stereocenters. The van der Waals surface area contributed by atoms with Gasteiger partial charge < -0.3 is 5.32 Å². The predicted octanol–water partition coefficient (Wildman–Crippen LogP) is 1.93. The van der Waals surface area contributed by atoms with Gasteiger partial charge in [-0.15, -0.1) is 0 Å². The Balaban J connectivity index is 2.12. The Bertz CT molecular complexity index is 63.0. The van der Waals surface area contributed by atoms with Crippen LogP contribution in [0, 0.1) is 0 Å². The molecule has 0 spiro atoms. The SMILES string of the molecule is CC1CCCCCCN1. The fourth-order valence-corrected chi connectivity index (χ4v) is 1.38. The third-order valence-electron chi connectivity index (χ3n) is 2.06. The van der Waals surface area contributed by atoms with E-state index < -0.39 is 0 Å². The van der Waals surface area contributed by atoms with Crippen LogP contribution in [0.4, 0.5) is 0 Å². The summed E-state index contributed by atoms with van der Waals surface area (Å²) in [6.07, 6.45) is 7.06. The second-order valence-corrected chi connectivity index (χ2v) is 3.06. The second-order valence-electron chi connectivity index (χ2n) is 3.06. The Morgan fingerprint density at radius 3 is 2.78 bits per heavy atom. The number of rotatable bonds is 0. The topological polar surface area (TPSA) is 12.0 Å². The highest BCUT2D eigenvalue weighted by molar-refractivity contribution is 4.63. The Labute approximate surface area is 57.8 Å². The van der Waals surface area contributed by atoms with Crippen LogP contribution < -0.4 is 5.32 Å². The van der Waals surface area contributed by atoms with E-state index in [2.05, 4.69) is 12.2 Å². The standard InChI is InChI=1S/C8H17N/c1-8-6-4-2-3-5-7-9-8/h8-9H,2-7H2,1H3. The zero-order valence-corrected chi connectivity index (χ0v) is 6.32. The molecule has 9 heavy (non-hydrogen) atoms. The van der Waals surface area contributed by atoms with Crippen LogP contribution in [0.25, 0.3) is 0 Å². The normalized spacial score (nSPS) is 31.0. The average molecular weight is 127 g/mol. The molecular formula is C8H17N. The zero-order valence-electron chi connectivity index (χ0n) is 6.32. The highest BCUT2D eigenvalue weighted by Crippen LogP contribution is 2.08. The molecule has 0 radical (unpaired) electrons. The lowest BCUT2D eigenvalue weighted by molar-refractivity contribution is 0.438. The van der Waals surface area contributed by atoms with E-state index in [1.165, 1.54) is 38.6 Å². The van der Waals surface area contributed by atoms with E-state index in [1.54, 1.807) is 0 Å². The average Bonchev–Trinajstić information content (AvgIpc) is 1.79. The molecule has 0 saturated carbocycles. The van der Waals surface area contributed by atoms with Gasteiger partial charge in [0.1, 0.15) is 0 Å². The summed E-state index contributed by atoms with van der Waals surface area (Å²) in [6, 6.07) is 0.769. The molecule has 1 saturated heterocycles. The van der Waals surface area contributed by atoms with Crippen LogP contribution in [0.5, 0.6) is 0 Å². The molecule has 1 fully saturated rings. The molecule has 0 aliphatic carbocycles. The summed E-state index contributed by atoms with van der Waals surface area (Å²) < 4.78 is 0. The van der Waals surface area contributed by atoms with Crippen molar-refractivity contribution in [2.24, 2.45) is 0 Å². The first-order valence-corrected chi connectivity index (χ1v) is 4.13. The lowest BCUT2D eigenvalue weighted by atomic mass is 10.1. The third kappa shape index (κ3) is 2.85. The molecule has 54 valence electrons. The molecule has 1 aliphatic heterocycles. The highest BCUT2D eigenvalue weighted by Gasteiger charge is 2.02. The summed E-state index contributed by atoms with van der Waals surface area (Å²) in [5.41, 5.74) is 0. The first-order valence-electron chi connectivity index (χ1n) is 4.13. The van der Waals surface area contributed by atoms with Gasteiger partial charge in [0.15, 0.2) is 0 Å². The maximum Gasteiger partial charge on any atom is 0.00387 e. The molecule has 0 aromatic rings. The van der Waals surface area contributed by atoms with E-state index in [1.807, 2.05) is 0 Å². The molecule has 0 amide bonds. The van der Waals surface area contributed by atoms with E-state index in [0.717, 1.165) is 6.04 Å². The maximum absolute atomic E-state index is 3.48. The summed E-state index contributed by atoms with van der Waals surface area (Å²) in [5.74, 6) is 0. The van der Waals surface area contributed by atoms with Crippen LogP contribution >= 0.6 is 0 Å². The van der Waals surface area contributed by atoms with E-state index in [-0.39, 0.29) is 0 Å². The summed E-state index contributed by atoms with van der Waals surface area (Å²) in [6.45, 7) is 3.52. The number of nitrogens with one attached hydrogen (secondary N) is 1. The van der Waals surface area contributed by atoms with Gasteiger partial charge >= 0.3 is 0 Å². The minimum absolute atomic E-state index is 0.769. The van der Waals surface area contributed by atoms with Gasteiger partial charge in [-0.1, -0.05) is 19.3 Å². The molecule has 0 bridgehead atoms. The summed E-state index contributed by atoms with van der Waals surface area (Å²) in [4.78, 5) is 0. The van der Waals surface area contributed by atoms with Crippen molar-refractivity contribution in [3.63, 3.8) is 0 Å². The van der Waals surface area contributed by atoms with Crippen molar-refractivity contribution in [1.29, 1.82) is 0 Å². The van der Waals surface area contributed by atoms with Crippen LogP contribution in [0.3, 0.4) is 0 Å². The fourth-order valence-electron chi connectivity index (χ4n) is 1.38. The molecule has 1 N–H and O–H groups in total. The van der Waals surface area contributed by atoms with Gasteiger partial charge in [0.25, 0.3) is 0 Å². The lowest BCUT2D eigenvalue weighted by Gasteiger charge is -2.16. The number of hydrogen-bond acceptors (Lipinski definition) is 1. The maximum atomic E-state index is 3.48. The molecule has 1 heterocycles. The molecule has 1 heteroatoms. The van der Waals surface area contributed by atoms with Crippen LogP contribution in [-0.2, 0) is 0 Å². The van der Waals surface area contributed by atoms with Crippen molar-refractivity contribution in [3.8, 4) is 0 Å². The highest BCUT2D eigenvalue weighted by atomic mass is 14.9. The van der Waals surface area contributed by atoms with Gasteiger partial charge in [0, 0.05) is 6.04 Å². The first kappa shape index (κ1) is 7.07. The summed E-state index contributed by atoms with van der Waals surface area (Å²) in [5, 5.41) is 3.48. The monoisotopic (exact) mass is 127 g/mol. The quantitative estimate of drug-likeness (QED) is 0.524. The van der Waals surface area contributed by atoms with Crippen LogP contribution in [0.15, 0.2) is 0 Å². The van der Waals surface area contributed by atoms with Gasteiger partial charge in [-0.2, -0.15) is 0 Å². The van der Waals surface area contributed by atoms with E-state index in [0.29, 0.717) is 0 Å². The Kier molecular flexibility index (Phi) is 3.05. The molecule has 0 aromatic heterocycles. The molecule has 1 rings (SSSR count). The summed E-state index contributed by atoms with van der Waals surface area (Å²) in [7, 11) is 0. The molecule has 1 aliphatic rings. The van der Waals surface area contributed by atoms with Crippen LogP contribution in [-0.4, -0.2) is 12.6 Å². The van der Waals surface area contributed by atoms with Crippen molar-refractivity contribution < 1.29 is 0 Å². The largest absolute Gasteiger partial charge is 0.314 e. The van der Waals surface area contributed by atoms with E-state index in [4.69, 9.17) is 0 Å². The van der Waals surface area contributed by atoms with Gasteiger partial charge in [-0.05, 0) is 26.3 Å². The van der Waals surface area contributed by atoms with Crippen LogP contribution in [0.2, 0.25) is 0 Å². The number of hydrogen-bond donors (Lipinski definition) is 1. The van der Waals surface area contributed by atoms with Crippen molar-refractivity contribution in [3.05, 3.63) is 0 Å². The van der Waals surface area contributed by atoms with Gasteiger partial charge in [-0.25, -0.2) is 0 Å². The first-order chi connectivity index (χ1) is 4.39. The van der Waals surface area contributed by atoms with Gasteiger partial charge in [-0.3, -0.25) is 0 Å². The van der Waals surface area contributed by atoms with Crippen molar-refractivity contribution >= 4 is 0 Å². The molecule has 1 atom stereocenters. The molecular weight excluding hydrogens is 110 g/mol. The minimum atomic E-state index is 0.769. The second kappa shape index (κ2) is 3.89. The summed E-state index contributed by atoms with van der Waals surface area (Å²) >= 11 is 0. The van der Waals surface area contributed by atoms with Crippen molar-refractivity contribution in [2.45, 2.75) is 45.1 Å². The smallest absolute Gasteiger partial charge is 0.00387 e. The Morgan fingerprint density at radius 1 is 1.11 bits per heavy atom. The van der Waals surface area contributed by atoms with Crippen LogP contribution in [0.1, 0.15) is 39.0 Å². The van der Waals surface area contributed by atoms with E-state index >= 15 is 0 Å².